The van der Waals surface area contributed by atoms with Crippen molar-refractivity contribution in [3.63, 3.8) is 0 Å². The first-order valence-electron chi connectivity index (χ1n) is 5.62. The average molecular weight is 278 g/mol. The molecule has 1 aromatic heterocycles. The van der Waals surface area contributed by atoms with Gasteiger partial charge in [0.1, 0.15) is 5.75 Å². The Hall–Kier alpha value is -1.95. The summed E-state index contributed by atoms with van der Waals surface area (Å²) in [7, 11) is 3.43. The third kappa shape index (κ3) is 3.29. The van der Waals surface area contributed by atoms with Crippen molar-refractivity contribution in [3.05, 3.63) is 41.7 Å². The van der Waals surface area contributed by atoms with E-state index in [9.17, 15) is 4.79 Å². The van der Waals surface area contributed by atoms with E-state index in [-0.39, 0.29) is 5.56 Å². The number of methoxy groups -OCH3 is 1. The highest BCUT2D eigenvalue weighted by Crippen LogP contribution is 2.28. The molecule has 5 nitrogen and oxygen atoms in total. The molecule has 0 unspecified atom stereocenters. The standard InChI is InChI=1S/C13H14N2O3S/c1-15-7-11(6-14-15)19-8-10-5-9(13(16)17)3-4-12(10)18-2/h3-7H,8H2,1-2H3,(H,16,17). The summed E-state index contributed by atoms with van der Waals surface area (Å²) in [6, 6.07) is 4.87. The minimum absolute atomic E-state index is 0.266. The molecule has 19 heavy (non-hydrogen) atoms. The van der Waals surface area contributed by atoms with E-state index in [1.54, 1.807) is 47.9 Å². The van der Waals surface area contributed by atoms with Gasteiger partial charge in [0, 0.05) is 29.5 Å². The monoisotopic (exact) mass is 278 g/mol. The molecule has 0 bridgehead atoms. The molecule has 0 fully saturated rings. The lowest BCUT2D eigenvalue weighted by molar-refractivity contribution is 0.0696. The van der Waals surface area contributed by atoms with E-state index in [0.717, 1.165) is 10.5 Å². The van der Waals surface area contributed by atoms with Crippen LogP contribution in [0.1, 0.15) is 15.9 Å². The van der Waals surface area contributed by atoms with Crippen LogP contribution in [0.2, 0.25) is 0 Å². The molecule has 1 N–H and O–H groups in total. The van der Waals surface area contributed by atoms with Gasteiger partial charge in [-0.15, -0.1) is 11.8 Å². The van der Waals surface area contributed by atoms with Crippen molar-refractivity contribution in [1.82, 2.24) is 9.78 Å². The van der Waals surface area contributed by atoms with E-state index in [1.807, 2.05) is 13.2 Å². The van der Waals surface area contributed by atoms with Crippen molar-refractivity contribution in [2.75, 3.05) is 7.11 Å². The number of ether oxygens (including phenoxy) is 1. The molecule has 0 spiro atoms. The fraction of sp³-hybridized carbons (Fsp3) is 0.231. The summed E-state index contributed by atoms with van der Waals surface area (Å²) in [5, 5.41) is 13.1. The number of aromatic carboxylic acids is 1. The van der Waals surface area contributed by atoms with Gasteiger partial charge in [0.25, 0.3) is 0 Å². The Balaban J connectivity index is 2.17. The lowest BCUT2D eigenvalue weighted by atomic mass is 10.1. The fourth-order valence-corrected chi connectivity index (χ4v) is 2.56. The molecule has 1 heterocycles. The molecule has 2 rings (SSSR count). The van der Waals surface area contributed by atoms with Crippen LogP contribution in [0.25, 0.3) is 0 Å². The number of aryl methyl sites for hydroxylation is 1. The first-order chi connectivity index (χ1) is 9.10. The van der Waals surface area contributed by atoms with Crippen molar-refractivity contribution in [2.45, 2.75) is 10.6 Å². The summed E-state index contributed by atoms with van der Waals surface area (Å²) in [5.41, 5.74) is 1.12. The van der Waals surface area contributed by atoms with Crippen molar-refractivity contribution < 1.29 is 14.6 Å². The van der Waals surface area contributed by atoms with Gasteiger partial charge in [-0.2, -0.15) is 5.10 Å². The molecule has 2 aromatic rings. The van der Waals surface area contributed by atoms with Crippen LogP contribution in [-0.2, 0) is 12.8 Å². The zero-order valence-corrected chi connectivity index (χ0v) is 11.5. The Morgan fingerprint density at radius 1 is 1.53 bits per heavy atom. The molecular formula is C13H14N2O3S. The van der Waals surface area contributed by atoms with E-state index < -0.39 is 5.97 Å². The van der Waals surface area contributed by atoms with Gasteiger partial charge >= 0.3 is 5.97 Å². The van der Waals surface area contributed by atoms with Crippen LogP contribution in [0.5, 0.6) is 5.75 Å². The van der Waals surface area contributed by atoms with Crippen LogP contribution < -0.4 is 4.74 Å². The van der Waals surface area contributed by atoms with E-state index in [4.69, 9.17) is 9.84 Å². The Morgan fingerprint density at radius 2 is 2.32 bits per heavy atom. The average Bonchev–Trinajstić information content (AvgIpc) is 2.81. The van der Waals surface area contributed by atoms with Crippen LogP contribution >= 0.6 is 11.8 Å². The number of carboxylic acids is 1. The molecule has 0 aliphatic carbocycles. The van der Waals surface area contributed by atoms with Crippen molar-refractivity contribution >= 4 is 17.7 Å². The van der Waals surface area contributed by atoms with Crippen molar-refractivity contribution in [1.29, 1.82) is 0 Å². The van der Waals surface area contributed by atoms with E-state index in [1.165, 1.54) is 0 Å². The highest BCUT2D eigenvalue weighted by molar-refractivity contribution is 7.98. The highest BCUT2D eigenvalue weighted by atomic mass is 32.2. The van der Waals surface area contributed by atoms with Gasteiger partial charge in [-0.1, -0.05) is 0 Å². The van der Waals surface area contributed by atoms with Crippen molar-refractivity contribution in [2.24, 2.45) is 7.05 Å². The van der Waals surface area contributed by atoms with Gasteiger partial charge < -0.3 is 9.84 Å². The maximum atomic E-state index is 11.0. The normalized spacial score (nSPS) is 10.4. The SMILES string of the molecule is COc1ccc(C(=O)O)cc1CSc1cnn(C)c1. The quantitative estimate of drug-likeness (QED) is 0.851. The minimum atomic E-state index is -0.935. The predicted molar refractivity (Wildman–Crippen MR) is 72.7 cm³/mol. The Morgan fingerprint density at radius 3 is 2.89 bits per heavy atom. The molecule has 0 aliphatic heterocycles. The molecule has 100 valence electrons. The number of rotatable bonds is 5. The van der Waals surface area contributed by atoms with Crippen LogP contribution in [0.3, 0.4) is 0 Å². The number of benzene rings is 1. The summed E-state index contributed by atoms with van der Waals surface area (Å²) < 4.78 is 6.98. The lowest BCUT2D eigenvalue weighted by Gasteiger charge is -2.08. The molecule has 0 saturated carbocycles. The van der Waals surface area contributed by atoms with Gasteiger partial charge in [-0.05, 0) is 18.2 Å². The van der Waals surface area contributed by atoms with E-state index in [0.29, 0.717) is 11.5 Å². The molecule has 0 amide bonds. The first kappa shape index (κ1) is 13.5. The van der Waals surface area contributed by atoms with Gasteiger partial charge in [0.15, 0.2) is 0 Å². The van der Waals surface area contributed by atoms with Gasteiger partial charge in [0.05, 0.1) is 18.9 Å². The molecule has 0 atom stereocenters. The number of nitrogens with zero attached hydrogens (tertiary/aromatic N) is 2. The molecule has 0 saturated heterocycles. The third-order valence-corrected chi connectivity index (χ3v) is 3.60. The first-order valence-corrected chi connectivity index (χ1v) is 6.60. The smallest absolute Gasteiger partial charge is 0.335 e. The van der Waals surface area contributed by atoms with Crippen LogP contribution in [0.15, 0.2) is 35.5 Å². The summed E-state index contributed by atoms with van der Waals surface area (Å²) in [6.45, 7) is 0. The van der Waals surface area contributed by atoms with Gasteiger partial charge in [-0.3, -0.25) is 4.68 Å². The number of hydrogen-bond donors (Lipinski definition) is 1. The molecule has 1 aromatic carbocycles. The molecule has 0 aliphatic rings. The molecular weight excluding hydrogens is 264 g/mol. The minimum Gasteiger partial charge on any atom is -0.496 e. The third-order valence-electron chi connectivity index (χ3n) is 2.60. The lowest BCUT2D eigenvalue weighted by Crippen LogP contribution is -1.99. The Kier molecular flexibility index (Phi) is 4.11. The Bertz CT molecular complexity index is 595. The number of carboxylic acid groups (broad SMARTS) is 1. The van der Waals surface area contributed by atoms with Crippen LogP contribution in [-0.4, -0.2) is 28.0 Å². The predicted octanol–water partition coefficient (Wildman–Crippen LogP) is 2.42. The van der Waals surface area contributed by atoms with Crippen molar-refractivity contribution in [3.8, 4) is 5.75 Å². The van der Waals surface area contributed by atoms with Crippen LogP contribution in [0.4, 0.5) is 0 Å². The van der Waals surface area contributed by atoms with E-state index in [2.05, 4.69) is 5.10 Å². The summed E-state index contributed by atoms with van der Waals surface area (Å²) >= 11 is 1.59. The molecule has 0 radical (unpaired) electrons. The fourth-order valence-electron chi connectivity index (χ4n) is 1.66. The zero-order chi connectivity index (χ0) is 13.8. The topological polar surface area (TPSA) is 64.3 Å². The summed E-state index contributed by atoms with van der Waals surface area (Å²) in [6.07, 6.45) is 3.69. The van der Waals surface area contributed by atoms with Gasteiger partial charge in [-0.25, -0.2) is 4.79 Å². The second-order valence-electron chi connectivity index (χ2n) is 3.97. The number of thioether (sulfide) groups is 1. The number of hydrogen-bond acceptors (Lipinski definition) is 4. The maximum absolute atomic E-state index is 11.0. The van der Waals surface area contributed by atoms with E-state index >= 15 is 0 Å². The maximum Gasteiger partial charge on any atom is 0.335 e. The number of aromatic nitrogens is 2. The number of carbonyl (C=O) groups is 1. The summed E-state index contributed by atoms with van der Waals surface area (Å²) in [5.74, 6) is 0.396. The second kappa shape index (κ2) is 5.79. The zero-order valence-electron chi connectivity index (χ0n) is 10.7. The van der Waals surface area contributed by atoms with Gasteiger partial charge in [0.2, 0.25) is 0 Å². The van der Waals surface area contributed by atoms with Crippen LogP contribution in [0, 0.1) is 0 Å². The Labute approximate surface area is 115 Å². The summed E-state index contributed by atoms with van der Waals surface area (Å²) in [4.78, 5) is 12.0. The largest absolute Gasteiger partial charge is 0.496 e. The molecule has 6 heteroatoms. The second-order valence-corrected chi connectivity index (χ2v) is 5.02. The highest BCUT2D eigenvalue weighted by Gasteiger charge is 2.09.